The fourth-order valence-corrected chi connectivity index (χ4v) is 5.03. The average Bonchev–Trinajstić information content (AvgIpc) is 3.37. The zero-order valence-corrected chi connectivity index (χ0v) is 16.8. The smallest absolute Gasteiger partial charge is 0.333 e. The SMILES string of the molecule is O=C(O)C1=C2CCC(CC2)[C@@H]1Nc1nc(-c2c[nH]c3ncc(F)cc23)nn2ccc(F)c12. The van der Waals surface area contributed by atoms with Crippen molar-refractivity contribution >= 4 is 28.3 Å². The van der Waals surface area contributed by atoms with Gasteiger partial charge in [-0.3, -0.25) is 0 Å². The van der Waals surface area contributed by atoms with E-state index in [1.165, 1.54) is 22.8 Å². The summed E-state index contributed by atoms with van der Waals surface area (Å²) in [6.07, 6.45) is 7.53. The van der Waals surface area contributed by atoms with Gasteiger partial charge < -0.3 is 15.4 Å². The lowest BCUT2D eigenvalue weighted by atomic mass is 9.70. The minimum absolute atomic E-state index is 0.126. The van der Waals surface area contributed by atoms with Crippen LogP contribution < -0.4 is 5.32 Å². The summed E-state index contributed by atoms with van der Waals surface area (Å²) < 4.78 is 29.8. The lowest BCUT2D eigenvalue weighted by molar-refractivity contribution is -0.133. The average molecular weight is 436 g/mol. The molecule has 0 unspecified atom stereocenters. The van der Waals surface area contributed by atoms with Gasteiger partial charge in [0.05, 0.1) is 17.8 Å². The zero-order chi connectivity index (χ0) is 22.0. The van der Waals surface area contributed by atoms with Crippen molar-refractivity contribution in [2.75, 3.05) is 5.32 Å². The van der Waals surface area contributed by atoms with E-state index in [9.17, 15) is 18.7 Å². The summed E-state index contributed by atoms with van der Waals surface area (Å²) in [5.41, 5.74) is 2.41. The number of carbonyl (C=O) groups is 1. The van der Waals surface area contributed by atoms with E-state index >= 15 is 0 Å². The van der Waals surface area contributed by atoms with Crippen molar-refractivity contribution in [3.05, 3.63) is 53.5 Å². The lowest BCUT2D eigenvalue weighted by Gasteiger charge is -2.39. The summed E-state index contributed by atoms with van der Waals surface area (Å²) in [5.74, 6) is -1.41. The van der Waals surface area contributed by atoms with E-state index in [2.05, 4.69) is 25.4 Å². The van der Waals surface area contributed by atoms with Crippen molar-refractivity contribution in [2.45, 2.75) is 31.7 Å². The second-order valence-electron chi connectivity index (χ2n) is 8.27. The van der Waals surface area contributed by atoms with Crippen molar-refractivity contribution in [1.82, 2.24) is 24.6 Å². The normalized spacial score (nSPS) is 20.4. The van der Waals surface area contributed by atoms with Gasteiger partial charge in [0.25, 0.3) is 0 Å². The molecule has 0 radical (unpaired) electrons. The van der Waals surface area contributed by atoms with Crippen LogP contribution in [0.15, 0.2) is 41.9 Å². The van der Waals surface area contributed by atoms with Crippen LogP contribution in [0.4, 0.5) is 14.6 Å². The predicted molar refractivity (Wildman–Crippen MR) is 112 cm³/mol. The van der Waals surface area contributed by atoms with E-state index in [-0.39, 0.29) is 23.1 Å². The zero-order valence-electron chi connectivity index (χ0n) is 16.8. The third-order valence-corrected chi connectivity index (χ3v) is 6.52. The lowest BCUT2D eigenvalue weighted by Crippen LogP contribution is -2.41. The Bertz CT molecular complexity index is 1430. The Kier molecular flexibility index (Phi) is 4.04. The van der Waals surface area contributed by atoms with Crippen LogP contribution in [-0.2, 0) is 4.79 Å². The van der Waals surface area contributed by atoms with Gasteiger partial charge >= 0.3 is 5.97 Å². The number of hydrogen-bond donors (Lipinski definition) is 3. The first-order valence-corrected chi connectivity index (χ1v) is 10.4. The largest absolute Gasteiger partial charge is 0.478 e. The Hall–Kier alpha value is -3.82. The molecule has 0 amide bonds. The maximum atomic E-state index is 14.6. The molecule has 4 heterocycles. The van der Waals surface area contributed by atoms with Crippen LogP contribution in [0.3, 0.4) is 0 Å². The Morgan fingerprint density at radius 3 is 2.88 bits per heavy atom. The molecule has 2 bridgehead atoms. The van der Waals surface area contributed by atoms with Crippen molar-refractivity contribution in [3.8, 4) is 11.4 Å². The minimum atomic E-state index is -0.957. The molecule has 162 valence electrons. The highest BCUT2D eigenvalue weighted by molar-refractivity contribution is 5.93. The van der Waals surface area contributed by atoms with Gasteiger partial charge in [-0.05, 0) is 43.7 Å². The summed E-state index contributed by atoms with van der Waals surface area (Å²) >= 11 is 0. The molecule has 1 saturated carbocycles. The molecule has 4 aromatic heterocycles. The molecule has 0 saturated heterocycles. The Morgan fingerprint density at radius 1 is 1.28 bits per heavy atom. The number of fused-ring (bicyclic) bond motifs is 5. The molecule has 10 heteroatoms. The molecule has 3 aliphatic carbocycles. The molecule has 0 aliphatic heterocycles. The highest BCUT2D eigenvalue weighted by Crippen LogP contribution is 2.43. The van der Waals surface area contributed by atoms with Gasteiger partial charge in [0, 0.05) is 23.3 Å². The van der Waals surface area contributed by atoms with Gasteiger partial charge in [-0.25, -0.2) is 28.1 Å². The van der Waals surface area contributed by atoms with Crippen molar-refractivity contribution in [2.24, 2.45) is 5.92 Å². The fraction of sp³-hybridized carbons (Fsp3) is 0.273. The first-order chi connectivity index (χ1) is 15.5. The van der Waals surface area contributed by atoms with Crippen molar-refractivity contribution in [3.63, 3.8) is 0 Å². The number of nitrogens with zero attached hydrogens (tertiary/aromatic N) is 4. The van der Waals surface area contributed by atoms with Crippen LogP contribution in [0.25, 0.3) is 27.9 Å². The van der Waals surface area contributed by atoms with Crippen LogP contribution >= 0.6 is 0 Å². The number of allylic oxidation sites excluding steroid dienone is 1. The molecule has 0 aromatic carbocycles. The predicted octanol–water partition coefficient (Wildman–Crippen LogP) is 3.92. The van der Waals surface area contributed by atoms with Crippen molar-refractivity contribution < 1.29 is 18.7 Å². The standard InChI is InChI=1S/C22H18F2N6O2/c23-12-7-13-14(9-26-19(13)25-8-12)20-28-21(18-15(24)5-6-30(18)29-20)27-17-11-3-1-10(2-4-11)16(17)22(31)32/h5-9,11,17H,1-4H2,(H,25,26)(H,31,32)(H,27,28,29)/t17-/m0/s1. The van der Waals surface area contributed by atoms with Gasteiger partial charge in [0.1, 0.15) is 17.0 Å². The highest BCUT2D eigenvalue weighted by atomic mass is 19.1. The topological polar surface area (TPSA) is 108 Å². The molecule has 1 atom stereocenters. The van der Waals surface area contributed by atoms with Crippen LogP contribution in [0, 0.1) is 17.6 Å². The second kappa shape index (κ2) is 6.84. The summed E-state index contributed by atoms with van der Waals surface area (Å²) in [5, 5.41) is 17.9. The third-order valence-electron chi connectivity index (χ3n) is 6.52. The Labute approximate surface area is 180 Å². The molecule has 3 N–H and O–H groups in total. The van der Waals surface area contributed by atoms with Crippen LogP contribution in [0.5, 0.6) is 0 Å². The number of nitrogens with one attached hydrogen (secondary N) is 2. The first kappa shape index (κ1) is 18.9. The number of rotatable bonds is 4. The van der Waals surface area contributed by atoms with Crippen LogP contribution in [0.1, 0.15) is 25.7 Å². The number of carboxylic acid groups (broad SMARTS) is 1. The number of hydrogen-bond acceptors (Lipinski definition) is 5. The molecule has 3 aliphatic rings. The molecular weight excluding hydrogens is 418 g/mol. The fourth-order valence-electron chi connectivity index (χ4n) is 5.03. The number of H-pyrrole nitrogens is 1. The van der Waals surface area contributed by atoms with Gasteiger partial charge in [-0.15, -0.1) is 5.10 Å². The maximum absolute atomic E-state index is 14.6. The summed E-state index contributed by atoms with van der Waals surface area (Å²) in [4.78, 5) is 23.5. The minimum Gasteiger partial charge on any atom is -0.478 e. The third kappa shape index (κ3) is 2.79. The summed E-state index contributed by atoms with van der Waals surface area (Å²) in [6, 6.07) is 2.14. The molecule has 8 nitrogen and oxygen atoms in total. The van der Waals surface area contributed by atoms with Gasteiger partial charge in [0.15, 0.2) is 17.5 Å². The van der Waals surface area contributed by atoms with E-state index in [1.807, 2.05) is 0 Å². The Balaban J connectivity index is 1.51. The van der Waals surface area contributed by atoms with E-state index in [4.69, 9.17) is 0 Å². The molecule has 32 heavy (non-hydrogen) atoms. The summed E-state index contributed by atoms with van der Waals surface area (Å²) in [6.45, 7) is 0. The number of aliphatic carboxylic acids is 1. The molecular formula is C22H18F2N6O2. The quantitative estimate of drug-likeness (QED) is 0.448. The number of pyridine rings is 1. The van der Waals surface area contributed by atoms with E-state index in [0.29, 0.717) is 22.2 Å². The number of aromatic amines is 1. The molecule has 1 fully saturated rings. The van der Waals surface area contributed by atoms with Gasteiger partial charge in [-0.1, -0.05) is 5.57 Å². The number of carboxylic acids is 1. The van der Waals surface area contributed by atoms with E-state index in [1.54, 1.807) is 6.20 Å². The first-order valence-electron chi connectivity index (χ1n) is 10.4. The number of anilines is 1. The Morgan fingerprint density at radius 2 is 2.09 bits per heavy atom. The van der Waals surface area contributed by atoms with Crippen LogP contribution in [0.2, 0.25) is 0 Å². The van der Waals surface area contributed by atoms with Gasteiger partial charge in [0.2, 0.25) is 0 Å². The molecule has 4 aromatic rings. The molecule has 7 rings (SSSR count). The number of halogens is 2. The second-order valence-corrected chi connectivity index (χ2v) is 8.27. The van der Waals surface area contributed by atoms with Crippen molar-refractivity contribution in [1.29, 1.82) is 0 Å². The number of aromatic nitrogens is 5. The maximum Gasteiger partial charge on any atom is 0.333 e. The van der Waals surface area contributed by atoms with Crippen LogP contribution in [-0.4, -0.2) is 41.7 Å². The monoisotopic (exact) mass is 436 g/mol. The van der Waals surface area contributed by atoms with E-state index in [0.717, 1.165) is 37.5 Å². The highest BCUT2D eigenvalue weighted by Gasteiger charge is 2.39. The molecule has 0 spiro atoms. The summed E-state index contributed by atoms with van der Waals surface area (Å²) in [7, 11) is 0. The van der Waals surface area contributed by atoms with E-state index < -0.39 is 23.6 Å². The van der Waals surface area contributed by atoms with Gasteiger partial charge in [-0.2, -0.15) is 0 Å².